The number of carbonyl (C=O) groups is 2. The number of amides is 2. The van der Waals surface area contributed by atoms with Crippen molar-refractivity contribution < 1.29 is 23.8 Å². The molecule has 0 aliphatic carbocycles. The van der Waals surface area contributed by atoms with Crippen molar-refractivity contribution in [1.29, 1.82) is 0 Å². The van der Waals surface area contributed by atoms with Crippen LogP contribution in [0.2, 0.25) is 0 Å². The van der Waals surface area contributed by atoms with E-state index in [1.165, 1.54) is 5.56 Å². The predicted molar refractivity (Wildman–Crippen MR) is 141 cm³/mol. The van der Waals surface area contributed by atoms with E-state index < -0.39 is 11.8 Å². The first kappa shape index (κ1) is 26.5. The van der Waals surface area contributed by atoms with Crippen LogP contribution >= 0.6 is 12.2 Å². The van der Waals surface area contributed by atoms with Crippen molar-refractivity contribution >= 4 is 29.1 Å². The average molecular weight is 508 g/mol. The summed E-state index contributed by atoms with van der Waals surface area (Å²) in [5.41, 5.74) is 6.36. The molecule has 2 amide bonds. The number of ether oxygens (including phenoxy) is 3. The Kier molecular flexibility index (Phi) is 10.1. The third-order valence-electron chi connectivity index (χ3n) is 4.94. The molecule has 0 aliphatic heterocycles. The highest BCUT2D eigenvalue weighted by Crippen LogP contribution is 2.19. The first-order valence-electron chi connectivity index (χ1n) is 11.4. The third kappa shape index (κ3) is 8.59. The maximum absolute atomic E-state index is 12.7. The molecule has 0 radical (unpaired) electrons. The quantitative estimate of drug-likeness (QED) is 0.217. The zero-order valence-corrected chi connectivity index (χ0v) is 21.0. The van der Waals surface area contributed by atoms with Gasteiger partial charge in [0, 0.05) is 0 Å². The summed E-state index contributed by atoms with van der Waals surface area (Å²) in [7, 11) is 0. The van der Waals surface area contributed by atoms with Crippen molar-refractivity contribution in [2.24, 2.45) is 0 Å². The Morgan fingerprint density at radius 2 is 1.42 bits per heavy atom. The fraction of sp³-hybridized carbons (Fsp3) is 0.222. The summed E-state index contributed by atoms with van der Waals surface area (Å²) in [4.78, 5) is 24.7. The van der Waals surface area contributed by atoms with Gasteiger partial charge in [-0.2, -0.15) is 0 Å². The summed E-state index contributed by atoms with van der Waals surface area (Å²) < 4.78 is 16.8. The van der Waals surface area contributed by atoms with Crippen LogP contribution in [0.15, 0.2) is 78.9 Å². The first-order valence-corrected chi connectivity index (χ1v) is 11.9. The van der Waals surface area contributed by atoms with E-state index in [9.17, 15) is 9.59 Å². The summed E-state index contributed by atoms with van der Waals surface area (Å²) in [6.45, 7) is 4.55. The lowest BCUT2D eigenvalue weighted by atomic mass is 10.0. The van der Waals surface area contributed by atoms with Gasteiger partial charge < -0.3 is 14.2 Å². The highest BCUT2D eigenvalue weighted by molar-refractivity contribution is 7.80. The molecule has 9 heteroatoms. The highest BCUT2D eigenvalue weighted by atomic mass is 32.1. The number of rotatable bonds is 10. The Labute approximate surface area is 215 Å². The zero-order chi connectivity index (χ0) is 25.8. The minimum Gasteiger partial charge on any atom is -0.490 e. The van der Waals surface area contributed by atoms with E-state index in [2.05, 4.69) is 30.0 Å². The molecular formula is C27H29N3O5S. The molecule has 0 aliphatic rings. The molecule has 0 unspecified atom stereocenters. The van der Waals surface area contributed by atoms with Gasteiger partial charge in [0.2, 0.25) is 0 Å². The fourth-order valence-electron chi connectivity index (χ4n) is 3.07. The number of hydrogen-bond donors (Lipinski definition) is 3. The largest absolute Gasteiger partial charge is 0.490 e. The molecular weight excluding hydrogens is 478 g/mol. The standard InChI is InChI=1S/C27H29N3O5S/c1-19(2)20-12-14-22(15-13-20)35-18-25(31)29-30-27(36)28-26(32)23-10-6-7-11-24(23)34-17-16-33-21-8-4-3-5-9-21/h3-15,19H,16-18H2,1-2H3,(H,29,31)(H2,28,30,32,36). The second-order valence-electron chi connectivity index (χ2n) is 7.97. The molecule has 3 aromatic rings. The molecule has 0 fully saturated rings. The van der Waals surface area contributed by atoms with Crippen LogP contribution in [-0.2, 0) is 4.79 Å². The second-order valence-corrected chi connectivity index (χ2v) is 8.38. The molecule has 36 heavy (non-hydrogen) atoms. The molecule has 0 aromatic heterocycles. The molecule has 8 nitrogen and oxygen atoms in total. The van der Waals surface area contributed by atoms with Gasteiger partial charge in [0.15, 0.2) is 11.7 Å². The molecule has 3 aromatic carbocycles. The van der Waals surface area contributed by atoms with Crippen molar-refractivity contribution in [2.45, 2.75) is 19.8 Å². The van der Waals surface area contributed by atoms with E-state index >= 15 is 0 Å². The van der Waals surface area contributed by atoms with Crippen LogP contribution < -0.4 is 30.4 Å². The van der Waals surface area contributed by atoms with E-state index in [-0.39, 0.29) is 18.3 Å². The fourth-order valence-corrected chi connectivity index (χ4v) is 3.21. The summed E-state index contributed by atoms with van der Waals surface area (Å²) >= 11 is 5.11. The Balaban J connectivity index is 1.40. The van der Waals surface area contributed by atoms with Crippen LogP contribution in [0.4, 0.5) is 0 Å². The first-order chi connectivity index (χ1) is 17.4. The van der Waals surface area contributed by atoms with Gasteiger partial charge in [0.05, 0.1) is 5.56 Å². The number of hydrazine groups is 1. The maximum atomic E-state index is 12.7. The van der Waals surface area contributed by atoms with Crippen LogP contribution in [0.25, 0.3) is 0 Å². The van der Waals surface area contributed by atoms with E-state index in [4.69, 9.17) is 26.4 Å². The summed E-state index contributed by atoms with van der Waals surface area (Å²) in [5, 5.41) is 2.44. The summed E-state index contributed by atoms with van der Waals surface area (Å²) in [6.07, 6.45) is 0. The van der Waals surface area contributed by atoms with Gasteiger partial charge in [-0.15, -0.1) is 0 Å². The SMILES string of the molecule is CC(C)c1ccc(OCC(=O)NNC(=S)NC(=O)c2ccccc2OCCOc2ccccc2)cc1. The molecule has 3 rings (SSSR count). The smallest absolute Gasteiger partial charge is 0.276 e. The Morgan fingerprint density at radius 1 is 0.778 bits per heavy atom. The van der Waals surface area contributed by atoms with Crippen molar-refractivity contribution in [2.75, 3.05) is 19.8 Å². The average Bonchev–Trinajstić information content (AvgIpc) is 2.89. The molecule has 0 bridgehead atoms. The van der Waals surface area contributed by atoms with Gasteiger partial charge >= 0.3 is 0 Å². The molecule has 188 valence electrons. The van der Waals surface area contributed by atoms with Gasteiger partial charge in [0.1, 0.15) is 30.5 Å². The van der Waals surface area contributed by atoms with E-state index in [1.54, 1.807) is 24.3 Å². The van der Waals surface area contributed by atoms with Crippen LogP contribution in [0.3, 0.4) is 0 Å². The van der Waals surface area contributed by atoms with Gasteiger partial charge in [-0.25, -0.2) is 0 Å². The van der Waals surface area contributed by atoms with E-state index in [1.807, 2.05) is 54.6 Å². The van der Waals surface area contributed by atoms with Crippen LogP contribution in [0, 0.1) is 0 Å². The Bertz CT molecular complexity index is 1150. The van der Waals surface area contributed by atoms with Crippen LogP contribution in [-0.4, -0.2) is 36.7 Å². The molecule has 0 heterocycles. The third-order valence-corrected chi connectivity index (χ3v) is 5.15. The minimum atomic E-state index is -0.484. The minimum absolute atomic E-state index is 0.0724. The Morgan fingerprint density at radius 3 is 2.14 bits per heavy atom. The summed E-state index contributed by atoms with van der Waals surface area (Å²) in [6, 6.07) is 23.7. The molecule has 0 atom stereocenters. The zero-order valence-electron chi connectivity index (χ0n) is 20.2. The molecule has 0 spiro atoms. The highest BCUT2D eigenvalue weighted by Gasteiger charge is 2.14. The normalized spacial score (nSPS) is 10.3. The van der Waals surface area contributed by atoms with Crippen molar-refractivity contribution in [3.05, 3.63) is 90.0 Å². The second kappa shape index (κ2) is 13.7. The van der Waals surface area contributed by atoms with Crippen molar-refractivity contribution in [3.8, 4) is 17.2 Å². The molecule has 0 saturated heterocycles. The lowest BCUT2D eigenvalue weighted by molar-refractivity contribution is -0.123. The number of benzene rings is 3. The van der Waals surface area contributed by atoms with Crippen molar-refractivity contribution in [1.82, 2.24) is 16.2 Å². The van der Waals surface area contributed by atoms with Crippen LogP contribution in [0.1, 0.15) is 35.7 Å². The van der Waals surface area contributed by atoms with Gasteiger partial charge in [-0.3, -0.25) is 25.8 Å². The molecule has 0 saturated carbocycles. The number of thiocarbonyl (C=S) groups is 1. The topological polar surface area (TPSA) is 97.9 Å². The number of hydrogen-bond acceptors (Lipinski definition) is 6. The van der Waals surface area contributed by atoms with Crippen LogP contribution in [0.5, 0.6) is 17.2 Å². The maximum Gasteiger partial charge on any atom is 0.276 e. The monoisotopic (exact) mass is 507 g/mol. The van der Waals surface area contributed by atoms with E-state index in [0.717, 1.165) is 5.75 Å². The van der Waals surface area contributed by atoms with Gasteiger partial charge in [0.25, 0.3) is 11.8 Å². The summed E-state index contributed by atoms with van der Waals surface area (Å²) in [5.74, 6) is 1.17. The number of carbonyl (C=O) groups excluding carboxylic acids is 2. The lowest BCUT2D eigenvalue weighted by Crippen LogP contribution is -2.49. The lowest BCUT2D eigenvalue weighted by Gasteiger charge is -2.14. The molecule has 3 N–H and O–H groups in total. The van der Waals surface area contributed by atoms with E-state index in [0.29, 0.717) is 29.6 Å². The number of para-hydroxylation sites is 2. The van der Waals surface area contributed by atoms with Crippen molar-refractivity contribution in [3.63, 3.8) is 0 Å². The predicted octanol–water partition coefficient (Wildman–Crippen LogP) is 3.98. The van der Waals surface area contributed by atoms with Gasteiger partial charge in [-0.05, 0) is 60.1 Å². The number of nitrogens with one attached hydrogen (secondary N) is 3. The van der Waals surface area contributed by atoms with Gasteiger partial charge in [-0.1, -0.05) is 56.3 Å². The Hall–Kier alpha value is -4.11.